The van der Waals surface area contributed by atoms with Crippen molar-refractivity contribution in [2.45, 2.75) is 6.92 Å². The standard InChI is InChI=1S/C15H15NO3S/c1-10(17)20-7-3-4-11-5-6-14-12(8-11)13(9-16-14)15(18)19-2/h3-6,8-9,16H,7H2,1-2H3. The lowest BCUT2D eigenvalue weighted by molar-refractivity contribution is -0.109. The molecule has 1 aromatic carbocycles. The molecule has 0 atom stereocenters. The summed E-state index contributed by atoms with van der Waals surface area (Å²) in [7, 11) is 1.36. The van der Waals surface area contributed by atoms with Gasteiger partial charge in [-0.05, 0) is 17.7 Å². The van der Waals surface area contributed by atoms with Crippen molar-refractivity contribution in [3.05, 3.63) is 41.6 Å². The van der Waals surface area contributed by atoms with Crippen LogP contribution in [0.2, 0.25) is 0 Å². The normalized spacial score (nSPS) is 11.1. The number of H-pyrrole nitrogens is 1. The fraction of sp³-hybridized carbons (Fsp3) is 0.200. The Labute approximate surface area is 121 Å². The molecule has 1 N–H and O–H groups in total. The third-order valence-electron chi connectivity index (χ3n) is 2.80. The lowest BCUT2D eigenvalue weighted by atomic mass is 10.1. The molecule has 0 aliphatic carbocycles. The maximum absolute atomic E-state index is 11.6. The number of methoxy groups -OCH3 is 1. The molecule has 0 aliphatic heterocycles. The van der Waals surface area contributed by atoms with Gasteiger partial charge in [0.1, 0.15) is 0 Å². The van der Waals surface area contributed by atoms with Gasteiger partial charge in [0, 0.05) is 29.8 Å². The molecule has 4 nitrogen and oxygen atoms in total. The average molecular weight is 289 g/mol. The van der Waals surface area contributed by atoms with Crippen molar-refractivity contribution in [1.82, 2.24) is 4.98 Å². The summed E-state index contributed by atoms with van der Waals surface area (Å²) in [6.45, 7) is 1.55. The highest BCUT2D eigenvalue weighted by Crippen LogP contribution is 2.21. The van der Waals surface area contributed by atoms with Crippen LogP contribution in [0.4, 0.5) is 0 Å². The van der Waals surface area contributed by atoms with Crippen LogP contribution < -0.4 is 0 Å². The summed E-state index contributed by atoms with van der Waals surface area (Å²) in [6.07, 6.45) is 5.51. The molecular weight excluding hydrogens is 274 g/mol. The monoisotopic (exact) mass is 289 g/mol. The third-order valence-corrected chi connectivity index (χ3v) is 3.57. The maximum Gasteiger partial charge on any atom is 0.340 e. The summed E-state index contributed by atoms with van der Waals surface area (Å²) >= 11 is 1.26. The van der Waals surface area contributed by atoms with Crippen molar-refractivity contribution in [3.8, 4) is 0 Å². The SMILES string of the molecule is COC(=O)c1c[nH]c2ccc(C=CCSC(C)=O)cc12. The number of aromatic amines is 1. The predicted octanol–water partition coefficient (Wildman–Crippen LogP) is 3.25. The fourth-order valence-corrected chi connectivity index (χ4v) is 2.30. The van der Waals surface area contributed by atoms with E-state index in [2.05, 4.69) is 4.98 Å². The number of aromatic nitrogens is 1. The van der Waals surface area contributed by atoms with Crippen LogP contribution in [0, 0.1) is 0 Å². The molecule has 0 unspecified atom stereocenters. The van der Waals surface area contributed by atoms with Crippen LogP contribution in [0.1, 0.15) is 22.8 Å². The summed E-state index contributed by atoms with van der Waals surface area (Å²) in [6, 6.07) is 5.79. The zero-order chi connectivity index (χ0) is 14.5. The Kier molecular flexibility index (Phi) is 4.63. The lowest BCUT2D eigenvalue weighted by Gasteiger charge is -1.98. The zero-order valence-corrected chi connectivity index (χ0v) is 12.1. The van der Waals surface area contributed by atoms with E-state index in [4.69, 9.17) is 4.74 Å². The summed E-state index contributed by atoms with van der Waals surface area (Å²) < 4.78 is 4.75. The van der Waals surface area contributed by atoms with Crippen molar-refractivity contribution in [2.24, 2.45) is 0 Å². The van der Waals surface area contributed by atoms with Crippen molar-refractivity contribution in [3.63, 3.8) is 0 Å². The highest BCUT2D eigenvalue weighted by Gasteiger charge is 2.11. The van der Waals surface area contributed by atoms with Crippen LogP contribution >= 0.6 is 11.8 Å². The van der Waals surface area contributed by atoms with Gasteiger partial charge in [-0.25, -0.2) is 4.79 Å². The van der Waals surface area contributed by atoms with Crippen molar-refractivity contribution in [1.29, 1.82) is 0 Å². The van der Waals surface area contributed by atoms with Crippen LogP contribution in [0.15, 0.2) is 30.5 Å². The van der Waals surface area contributed by atoms with Gasteiger partial charge in [-0.3, -0.25) is 4.79 Å². The van der Waals surface area contributed by atoms with Gasteiger partial charge in [-0.2, -0.15) is 0 Å². The quantitative estimate of drug-likeness (QED) is 0.878. The van der Waals surface area contributed by atoms with Gasteiger partial charge < -0.3 is 9.72 Å². The molecule has 0 bridgehead atoms. The van der Waals surface area contributed by atoms with Gasteiger partial charge in [0.2, 0.25) is 0 Å². The fourth-order valence-electron chi connectivity index (χ4n) is 1.87. The molecule has 0 amide bonds. The number of rotatable bonds is 4. The van der Waals surface area contributed by atoms with Gasteiger partial charge in [-0.1, -0.05) is 30.0 Å². The Morgan fingerprint density at radius 3 is 2.90 bits per heavy atom. The number of ether oxygens (including phenoxy) is 1. The van der Waals surface area contributed by atoms with Crippen molar-refractivity contribution in [2.75, 3.05) is 12.9 Å². The van der Waals surface area contributed by atoms with E-state index in [-0.39, 0.29) is 11.1 Å². The summed E-state index contributed by atoms with van der Waals surface area (Å²) in [5, 5.41) is 0.932. The number of carbonyl (C=O) groups excluding carboxylic acids is 2. The first kappa shape index (κ1) is 14.4. The first-order valence-electron chi connectivity index (χ1n) is 6.11. The minimum Gasteiger partial charge on any atom is -0.465 e. The molecule has 2 rings (SSSR count). The van der Waals surface area contributed by atoms with Crippen LogP contribution in [-0.4, -0.2) is 28.9 Å². The molecule has 0 radical (unpaired) electrons. The lowest BCUT2D eigenvalue weighted by Crippen LogP contribution is -1.99. The maximum atomic E-state index is 11.6. The number of nitrogens with one attached hydrogen (secondary N) is 1. The molecule has 1 aromatic heterocycles. The Morgan fingerprint density at radius 1 is 1.40 bits per heavy atom. The van der Waals surface area contributed by atoms with Crippen LogP contribution in [-0.2, 0) is 9.53 Å². The molecule has 0 saturated heterocycles. The zero-order valence-electron chi connectivity index (χ0n) is 11.3. The molecular formula is C15H15NO3S. The average Bonchev–Trinajstić information content (AvgIpc) is 2.85. The molecule has 0 fully saturated rings. The third kappa shape index (κ3) is 3.30. The number of esters is 1. The van der Waals surface area contributed by atoms with E-state index < -0.39 is 0 Å². The number of thioether (sulfide) groups is 1. The topological polar surface area (TPSA) is 59.2 Å². The van der Waals surface area contributed by atoms with Gasteiger partial charge >= 0.3 is 5.97 Å². The van der Waals surface area contributed by atoms with E-state index in [0.29, 0.717) is 11.3 Å². The Hall–Kier alpha value is -2.01. The summed E-state index contributed by atoms with van der Waals surface area (Å²) in [4.78, 5) is 25.5. The first-order valence-corrected chi connectivity index (χ1v) is 7.09. The van der Waals surface area contributed by atoms with Crippen molar-refractivity contribution >= 4 is 39.8 Å². The van der Waals surface area contributed by atoms with E-state index >= 15 is 0 Å². The van der Waals surface area contributed by atoms with Gasteiger partial charge in [0.15, 0.2) is 5.12 Å². The van der Waals surface area contributed by atoms with E-state index in [1.807, 2.05) is 30.4 Å². The highest BCUT2D eigenvalue weighted by molar-refractivity contribution is 8.13. The number of hydrogen-bond acceptors (Lipinski definition) is 4. The summed E-state index contributed by atoms with van der Waals surface area (Å²) in [5.74, 6) is 0.286. The van der Waals surface area contributed by atoms with Gasteiger partial charge in [0.25, 0.3) is 0 Å². The van der Waals surface area contributed by atoms with Crippen molar-refractivity contribution < 1.29 is 14.3 Å². The van der Waals surface area contributed by atoms with E-state index in [1.165, 1.54) is 18.9 Å². The molecule has 5 heteroatoms. The molecule has 0 aliphatic rings. The van der Waals surface area contributed by atoms with Gasteiger partial charge in [0.05, 0.1) is 12.7 Å². The minimum atomic E-state index is -0.357. The van der Waals surface area contributed by atoms with E-state index in [0.717, 1.165) is 16.5 Å². The van der Waals surface area contributed by atoms with Crippen LogP contribution in [0.25, 0.3) is 17.0 Å². The van der Waals surface area contributed by atoms with Crippen LogP contribution in [0.5, 0.6) is 0 Å². The largest absolute Gasteiger partial charge is 0.465 e. The predicted molar refractivity (Wildman–Crippen MR) is 81.8 cm³/mol. The minimum absolute atomic E-state index is 0.101. The molecule has 20 heavy (non-hydrogen) atoms. The number of hydrogen-bond donors (Lipinski definition) is 1. The Bertz CT molecular complexity index is 673. The number of fused-ring (bicyclic) bond motifs is 1. The van der Waals surface area contributed by atoms with Gasteiger partial charge in [-0.15, -0.1) is 0 Å². The first-order chi connectivity index (χ1) is 9.61. The molecule has 1 heterocycles. The Balaban J connectivity index is 2.23. The smallest absolute Gasteiger partial charge is 0.340 e. The molecule has 104 valence electrons. The van der Waals surface area contributed by atoms with E-state index in [1.54, 1.807) is 13.1 Å². The second-order valence-corrected chi connectivity index (χ2v) is 5.40. The van der Waals surface area contributed by atoms with E-state index in [9.17, 15) is 9.59 Å². The molecule has 0 saturated carbocycles. The Morgan fingerprint density at radius 2 is 2.20 bits per heavy atom. The molecule has 2 aromatic rings. The molecule has 0 spiro atoms. The number of carbonyl (C=O) groups is 2. The van der Waals surface area contributed by atoms with Crippen LogP contribution in [0.3, 0.4) is 0 Å². The second-order valence-electron chi connectivity index (χ2n) is 4.20. The second kappa shape index (κ2) is 6.43. The number of benzene rings is 1. The summed E-state index contributed by atoms with van der Waals surface area (Å²) in [5.41, 5.74) is 2.39. The highest BCUT2D eigenvalue weighted by atomic mass is 32.2.